The van der Waals surface area contributed by atoms with Gasteiger partial charge in [-0.2, -0.15) is 0 Å². The second-order valence-electron chi connectivity index (χ2n) is 5.01. The number of anilines is 1. The molecular formula is C14H21N3O3. The highest BCUT2D eigenvalue weighted by molar-refractivity contribution is 5.89. The second-order valence-corrected chi connectivity index (χ2v) is 5.01. The van der Waals surface area contributed by atoms with Gasteiger partial charge >= 0.3 is 12.1 Å². The van der Waals surface area contributed by atoms with E-state index in [-0.39, 0.29) is 6.03 Å². The van der Waals surface area contributed by atoms with Crippen molar-refractivity contribution in [1.82, 2.24) is 10.2 Å². The summed E-state index contributed by atoms with van der Waals surface area (Å²) in [6.07, 6.45) is -0.483. The van der Waals surface area contributed by atoms with Crippen molar-refractivity contribution in [3.05, 3.63) is 24.3 Å². The maximum atomic E-state index is 11.5. The molecule has 110 valence electrons. The van der Waals surface area contributed by atoms with E-state index in [2.05, 4.69) is 10.6 Å². The van der Waals surface area contributed by atoms with E-state index in [1.807, 2.05) is 13.8 Å². The number of carbonyl (C=O) groups excluding carboxylic acids is 2. The van der Waals surface area contributed by atoms with Crippen molar-refractivity contribution in [2.24, 2.45) is 5.92 Å². The lowest BCUT2D eigenvalue weighted by Crippen LogP contribution is -2.30. The van der Waals surface area contributed by atoms with Gasteiger partial charge in [0.25, 0.3) is 0 Å². The van der Waals surface area contributed by atoms with E-state index in [1.54, 1.807) is 38.4 Å². The van der Waals surface area contributed by atoms with Crippen LogP contribution in [0.2, 0.25) is 0 Å². The largest absolute Gasteiger partial charge is 0.412 e. The molecule has 1 rings (SSSR count). The predicted octanol–water partition coefficient (Wildman–Crippen LogP) is 2.52. The van der Waals surface area contributed by atoms with Gasteiger partial charge in [-0.1, -0.05) is 13.8 Å². The molecule has 2 N–H and O–H groups in total. The van der Waals surface area contributed by atoms with Crippen LogP contribution in [0.5, 0.6) is 5.75 Å². The maximum absolute atomic E-state index is 11.5. The molecule has 0 aliphatic heterocycles. The Labute approximate surface area is 119 Å². The standard InChI is InChI=1S/C14H21N3O3/c1-10(2)9-15-14(19)20-12-7-5-11(6-8-12)16-13(18)17(3)4/h5-8,10H,9H2,1-4H3,(H,15,19)(H,16,18). The summed E-state index contributed by atoms with van der Waals surface area (Å²) >= 11 is 0. The summed E-state index contributed by atoms with van der Waals surface area (Å²) in [5, 5.41) is 5.35. The molecule has 0 aliphatic carbocycles. The zero-order chi connectivity index (χ0) is 15.1. The lowest BCUT2D eigenvalue weighted by Gasteiger charge is -2.12. The minimum atomic E-state index is -0.483. The Hall–Kier alpha value is -2.24. The second kappa shape index (κ2) is 7.37. The summed E-state index contributed by atoms with van der Waals surface area (Å²) in [5.41, 5.74) is 0.638. The number of amides is 3. The fourth-order valence-corrected chi connectivity index (χ4v) is 1.27. The average molecular weight is 279 g/mol. The summed E-state index contributed by atoms with van der Waals surface area (Å²) in [6.45, 7) is 4.57. The van der Waals surface area contributed by atoms with E-state index >= 15 is 0 Å². The van der Waals surface area contributed by atoms with Crippen molar-refractivity contribution in [1.29, 1.82) is 0 Å². The minimum absolute atomic E-state index is 0.214. The summed E-state index contributed by atoms with van der Waals surface area (Å²) in [5.74, 6) is 0.792. The van der Waals surface area contributed by atoms with Crippen LogP contribution in [-0.2, 0) is 0 Å². The van der Waals surface area contributed by atoms with E-state index in [0.717, 1.165) is 0 Å². The van der Waals surface area contributed by atoms with Crippen LogP contribution in [-0.4, -0.2) is 37.7 Å². The SMILES string of the molecule is CC(C)CNC(=O)Oc1ccc(NC(=O)N(C)C)cc1. The molecule has 0 aliphatic rings. The average Bonchev–Trinajstić information content (AvgIpc) is 2.38. The van der Waals surface area contributed by atoms with Gasteiger partial charge in [-0.25, -0.2) is 9.59 Å². The van der Waals surface area contributed by atoms with Gasteiger partial charge in [0, 0.05) is 26.3 Å². The van der Waals surface area contributed by atoms with Crippen LogP contribution in [0.1, 0.15) is 13.8 Å². The molecule has 1 aromatic rings. The number of carbonyl (C=O) groups is 2. The van der Waals surface area contributed by atoms with Gasteiger partial charge in [-0.15, -0.1) is 0 Å². The quantitative estimate of drug-likeness (QED) is 0.889. The normalized spacial score (nSPS) is 10.1. The minimum Gasteiger partial charge on any atom is -0.410 e. The molecule has 6 nitrogen and oxygen atoms in total. The number of benzene rings is 1. The van der Waals surface area contributed by atoms with Crippen LogP contribution in [0.4, 0.5) is 15.3 Å². The number of urea groups is 1. The molecule has 0 fully saturated rings. The predicted molar refractivity (Wildman–Crippen MR) is 78.0 cm³/mol. The molecule has 0 bridgehead atoms. The summed E-state index contributed by atoms with van der Waals surface area (Å²) in [6, 6.07) is 6.38. The monoisotopic (exact) mass is 279 g/mol. The van der Waals surface area contributed by atoms with E-state index in [4.69, 9.17) is 4.74 Å². The molecule has 0 radical (unpaired) electrons. The molecular weight excluding hydrogens is 258 g/mol. The van der Waals surface area contributed by atoms with Crippen molar-refractivity contribution < 1.29 is 14.3 Å². The molecule has 0 atom stereocenters. The first-order chi connectivity index (χ1) is 9.38. The van der Waals surface area contributed by atoms with Gasteiger partial charge in [0.05, 0.1) is 0 Å². The lowest BCUT2D eigenvalue weighted by molar-refractivity contribution is 0.199. The number of hydrogen-bond acceptors (Lipinski definition) is 3. The molecule has 0 unspecified atom stereocenters. The molecule has 0 aromatic heterocycles. The molecule has 0 saturated heterocycles. The highest BCUT2D eigenvalue weighted by Crippen LogP contribution is 2.16. The first kappa shape index (κ1) is 15.8. The Kier molecular flexibility index (Phi) is 5.83. The highest BCUT2D eigenvalue weighted by atomic mass is 16.6. The number of nitrogens with one attached hydrogen (secondary N) is 2. The Morgan fingerprint density at radius 3 is 2.30 bits per heavy atom. The van der Waals surface area contributed by atoms with Crippen LogP contribution < -0.4 is 15.4 Å². The Bertz CT molecular complexity index is 455. The zero-order valence-corrected chi connectivity index (χ0v) is 12.3. The van der Waals surface area contributed by atoms with Gasteiger partial charge in [-0.05, 0) is 30.2 Å². The van der Waals surface area contributed by atoms with Gasteiger partial charge in [0.1, 0.15) is 5.75 Å². The zero-order valence-electron chi connectivity index (χ0n) is 12.3. The Morgan fingerprint density at radius 1 is 1.20 bits per heavy atom. The number of nitrogens with zero attached hydrogens (tertiary/aromatic N) is 1. The number of hydrogen-bond donors (Lipinski definition) is 2. The van der Waals surface area contributed by atoms with E-state index in [1.165, 1.54) is 4.90 Å². The van der Waals surface area contributed by atoms with Gasteiger partial charge in [-0.3, -0.25) is 0 Å². The smallest absolute Gasteiger partial charge is 0.410 e. The summed E-state index contributed by atoms with van der Waals surface area (Å²) in [7, 11) is 3.32. The first-order valence-corrected chi connectivity index (χ1v) is 6.42. The van der Waals surface area contributed by atoms with Crippen molar-refractivity contribution in [2.45, 2.75) is 13.8 Å². The number of ether oxygens (including phenoxy) is 1. The van der Waals surface area contributed by atoms with E-state index < -0.39 is 6.09 Å². The first-order valence-electron chi connectivity index (χ1n) is 6.42. The van der Waals surface area contributed by atoms with Crippen molar-refractivity contribution in [3.8, 4) is 5.75 Å². The fraction of sp³-hybridized carbons (Fsp3) is 0.429. The van der Waals surface area contributed by atoms with Gasteiger partial charge < -0.3 is 20.3 Å². The van der Waals surface area contributed by atoms with Crippen molar-refractivity contribution in [2.75, 3.05) is 26.0 Å². The van der Waals surface area contributed by atoms with Gasteiger partial charge in [0.15, 0.2) is 0 Å². The molecule has 3 amide bonds. The highest BCUT2D eigenvalue weighted by Gasteiger charge is 2.06. The molecule has 0 heterocycles. The topological polar surface area (TPSA) is 70.7 Å². The molecule has 0 saturated carbocycles. The number of rotatable bonds is 4. The van der Waals surface area contributed by atoms with Crippen molar-refractivity contribution in [3.63, 3.8) is 0 Å². The summed E-state index contributed by atoms with van der Waals surface area (Å²) < 4.78 is 5.10. The molecule has 0 spiro atoms. The fourth-order valence-electron chi connectivity index (χ4n) is 1.27. The third-order valence-electron chi connectivity index (χ3n) is 2.38. The van der Waals surface area contributed by atoms with Crippen LogP contribution in [0.25, 0.3) is 0 Å². The Morgan fingerprint density at radius 2 is 1.80 bits per heavy atom. The lowest BCUT2D eigenvalue weighted by atomic mass is 10.2. The van der Waals surface area contributed by atoms with Crippen LogP contribution in [0, 0.1) is 5.92 Å². The maximum Gasteiger partial charge on any atom is 0.412 e. The third kappa shape index (κ3) is 5.60. The molecule has 6 heteroatoms. The van der Waals surface area contributed by atoms with Crippen LogP contribution >= 0.6 is 0 Å². The Balaban J connectivity index is 2.50. The van der Waals surface area contributed by atoms with Crippen LogP contribution in [0.3, 0.4) is 0 Å². The molecule has 20 heavy (non-hydrogen) atoms. The van der Waals surface area contributed by atoms with E-state index in [9.17, 15) is 9.59 Å². The third-order valence-corrected chi connectivity index (χ3v) is 2.38. The summed E-state index contributed by atoms with van der Waals surface area (Å²) in [4.78, 5) is 24.3. The van der Waals surface area contributed by atoms with Crippen molar-refractivity contribution >= 4 is 17.8 Å². The molecule has 1 aromatic carbocycles. The van der Waals surface area contributed by atoms with Gasteiger partial charge in [0.2, 0.25) is 0 Å². The van der Waals surface area contributed by atoms with E-state index in [0.29, 0.717) is 23.9 Å². The van der Waals surface area contributed by atoms with Crippen LogP contribution in [0.15, 0.2) is 24.3 Å².